The normalized spacial score (nSPS) is 18.3. The average Bonchev–Trinajstić information content (AvgIpc) is 2.52. The predicted molar refractivity (Wildman–Crippen MR) is 94.3 cm³/mol. The molecule has 0 aliphatic heterocycles. The zero-order chi connectivity index (χ0) is 16.0. The second kappa shape index (κ2) is 8.24. The van der Waals surface area contributed by atoms with Crippen molar-refractivity contribution in [1.29, 1.82) is 0 Å². The van der Waals surface area contributed by atoms with Gasteiger partial charge in [-0.15, -0.1) is 0 Å². The van der Waals surface area contributed by atoms with Gasteiger partial charge in [0.2, 0.25) is 0 Å². The van der Waals surface area contributed by atoms with Gasteiger partial charge in [-0.1, -0.05) is 96.5 Å². The number of halogens is 3. The Morgan fingerprint density at radius 2 is 1.77 bits per heavy atom. The van der Waals surface area contributed by atoms with E-state index in [2.05, 4.69) is 5.32 Å². The van der Waals surface area contributed by atoms with Crippen LogP contribution in [0.15, 0.2) is 36.4 Å². The Balaban J connectivity index is 2.10. The van der Waals surface area contributed by atoms with Crippen LogP contribution in [0, 0.1) is 5.92 Å². The molecule has 0 bridgehead atoms. The number of nitrogens with one attached hydrogen (secondary N) is 1. The molecule has 0 unspecified atom stereocenters. The minimum absolute atomic E-state index is 0.108. The number of hydrogen-bond donors (Lipinski definition) is 1. The van der Waals surface area contributed by atoms with E-state index >= 15 is 0 Å². The maximum atomic E-state index is 12.0. The van der Waals surface area contributed by atoms with Crippen LogP contribution in [0.1, 0.15) is 37.7 Å². The van der Waals surface area contributed by atoms with Crippen LogP contribution in [-0.2, 0) is 4.79 Å². The summed E-state index contributed by atoms with van der Waals surface area (Å²) in [7, 11) is 0. The van der Waals surface area contributed by atoms with E-state index in [1.807, 2.05) is 42.5 Å². The third kappa shape index (κ3) is 5.49. The number of benzene rings is 1. The summed E-state index contributed by atoms with van der Waals surface area (Å²) in [6, 6.07) is 9.87. The molecule has 1 aromatic carbocycles. The molecule has 1 N–H and O–H groups in total. The van der Waals surface area contributed by atoms with Gasteiger partial charge in [-0.05, 0) is 24.3 Å². The van der Waals surface area contributed by atoms with E-state index < -0.39 is 9.70 Å². The maximum Gasteiger partial charge on any atom is 0.272 e. The lowest BCUT2D eigenvalue weighted by molar-refractivity contribution is -0.121. The summed E-state index contributed by atoms with van der Waals surface area (Å²) in [5.74, 6) is -0.171. The van der Waals surface area contributed by atoms with Crippen molar-refractivity contribution >= 4 is 46.8 Å². The average molecular weight is 361 g/mol. The van der Waals surface area contributed by atoms with Crippen molar-refractivity contribution in [3.63, 3.8) is 0 Å². The number of carbonyl (C=O) groups is 1. The lowest BCUT2D eigenvalue weighted by atomic mass is 9.83. The number of hydrogen-bond acceptors (Lipinski definition) is 1. The standard InChI is InChI=1S/C17H20Cl3NO/c18-17(19,20)16(22)21-15(14-9-5-2-6-10-14)12-11-13-7-3-1-4-8-13/h1,3-4,7-8,11-12,14-15H,2,5-6,9-10H2,(H,21,22)/b12-11+/t15-/m1/s1. The van der Waals surface area contributed by atoms with Crippen LogP contribution in [0.5, 0.6) is 0 Å². The first-order valence-corrected chi connectivity index (χ1v) is 8.71. The quantitative estimate of drug-likeness (QED) is 0.740. The van der Waals surface area contributed by atoms with Crippen LogP contribution in [0.25, 0.3) is 6.08 Å². The van der Waals surface area contributed by atoms with Gasteiger partial charge in [0, 0.05) is 0 Å². The monoisotopic (exact) mass is 359 g/mol. The third-order valence-corrected chi connectivity index (χ3v) is 4.52. The summed E-state index contributed by atoms with van der Waals surface area (Å²) in [6.07, 6.45) is 9.82. The number of amides is 1. The van der Waals surface area contributed by atoms with E-state index in [0.29, 0.717) is 5.92 Å². The fourth-order valence-electron chi connectivity index (χ4n) is 2.83. The number of carbonyl (C=O) groups excluding carboxylic acids is 1. The Hall–Kier alpha value is -0.700. The van der Waals surface area contributed by atoms with Crippen molar-refractivity contribution in [2.24, 2.45) is 5.92 Å². The molecule has 0 aromatic heterocycles. The van der Waals surface area contributed by atoms with Crippen molar-refractivity contribution < 1.29 is 4.79 Å². The summed E-state index contributed by atoms with van der Waals surface area (Å²) in [5.41, 5.74) is 1.09. The first-order valence-electron chi connectivity index (χ1n) is 7.58. The molecule has 0 spiro atoms. The van der Waals surface area contributed by atoms with Gasteiger partial charge in [0.25, 0.3) is 9.70 Å². The highest BCUT2D eigenvalue weighted by molar-refractivity contribution is 6.76. The third-order valence-electron chi connectivity index (χ3n) is 4.01. The van der Waals surface area contributed by atoms with Crippen molar-refractivity contribution in [2.75, 3.05) is 0 Å². The summed E-state index contributed by atoms with van der Waals surface area (Å²) in [4.78, 5) is 12.0. The van der Waals surface area contributed by atoms with E-state index in [1.165, 1.54) is 19.3 Å². The van der Waals surface area contributed by atoms with Crippen LogP contribution < -0.4 is 5.32 Å². The molecule has 22 heavy (non-hydrogen) atoms. The van der Waals surface area contributed by atoms with Gasteiger partial charge in [-0.25, -0.2) is 0 Å². The van der Waals surface area contributed by atoms with Crippen molar-refractivity contribution in [2.45, 2.75) is 41.9 Å². The van der Waals surface area contributed by atoms with Gasteiger partial charge in [0.15, 0.2) is 0 Å². The molecule has 1 amide bonds. The van der Waals surface area contributed by atoms with Crippen LogP contribution in [0.4, 0.5) is 0 Å². The molecule has 0 heterocycles. The van der Waals surface area contributed by atoms with Gasteiger partial charge >= 0.3 is 0 Å². The molecule has 1 atom stereocenters. The van der Waals surface area contributed by atoms with Gasteiger partial charge in [-0.2, -0.15) is 0 Å². The molecule has 1 aliphatic carbocycles. The molecule has 2 nitrogen and oxygen atoms in total. The summed E-state index contributed by atoms with van der Waals surface area (Å²) >= 11 is 17.0. The summed E-state index contributed by atoms with van der Waals surface area (Å²) < 4.78 is -1.92. The fourth-order valence-corrected chi connectivity index (χ4v) is 2.99. The smallest absolute Gasteiger partial charge is 0.272 e. The Labute approximate surface area is 146 Å². The summed E-state index contributed by atoms with van der Waals surface area (Å²) in [5, 5.41) is 2.88. The molecule has 1 aromatic rings. The fraction of sp³-hybridized carbons (Fsp3) is 0.471. The van der Waals surface area contributed by atoms with Gasteiger partial charge in [-0.3, -0.25) is 4.79 Å². The SMILES string of the molecule is O=C(N[C@H](/C=C/c1ccccc1)C1CCCCC1)C(Cl)(Cl)Cl. The van der Waals surface area contributed by atoms with Gasteiger partial charge in [0.05, 0.1) is 6.04 Å². The highest BCUT2D eigenvalue weighted by atomic mass is 35.6. The second-order valence-corrected chi connectivity index (χ2v) is 7.95. The lowest BCUT2D eigenvalue weighted by Crippen LogP contribution is -2.44. The van der Waals surface area contributed by atoms with Crippen molar-refractivity contribution in [3.8, 4) is 0 Å². The first kappa shape index (κ1) is 17.7. The molecular weight excluding hydrogens is 341 g/mol. The molecule has 120 valence electrons. The number of rotatable bonds is 4. The Morgan fingerprint density at radius 1 is 1.14 bits per heavy atom. The molecular formula is C17H20Cl3NO. The van der Waals surface area contributed by atoms with Crippen molar-refractivity contribution in [3.05, 3.63) is 42.0 Å². The van der Waals surface area contributed by atoms with E-state index in [9.17, 15) is 4.79 Å². The van der Waals surface area contributed by atoms with E-state index in [0.717, 1.165) is 18.4 Å². The van der Waals surface area contributed by atoms with E-state index in [-0.39, 0.29) is 6.04 Å². The molecule has 1 fully saturated rings. The van der Waals surface area contributed by atoms with Gasteiger partial charge < -0.3 is 5.32 Å². The zero-order valence-corrected chi connectivity index (χ0v) is 14.5. The molecule has 0 saturated heterocycles. The Kier molecular flexibility index (Phi) is 6.61. The number of alkyl halides is 3. The predicted octanol–water partition coefficient (Wildman–Crippen LogP) is 5.14. The molecule has 1 aliphatic rings. The van der Waals surface area contributed by atoms with Crippen LogP contribution in [0.2, 0.25) is 0 Å². The molecule has 0 radical (unpaired) electrons. The Morgan fingerprint density at radius 3 is 2.36 bits per heavy atom. The highest BCUT2D eigenvalue weighted by Gasteiger charge is 2.33. The van der Waals surface area contributed by atoms with Crippen molar-refractivity contribution in [1.82, 2.24) is 5.32 Å². The van der Waals surface area contributed by atoms with Crippen LogP contribution in [-0.4, -0.2) is 15.7 Å². The minimum atomic E-state index is -1.92. The second-order valence-electron chi connectivity index (χ2n) is 5.66. The largest absolute Gasteiger partial charge is 0.346 e. The van der Waals surface area contributed by atoms with Gasteiger partial charge in [0.1, 0.15) is 0 Å². The molecule has 2 rings (SSSR count). The van der Waals surface area contributed by atoms with Crippen LogP contribution >= 0.6 is 34.8 Å². The minimum Gasteiger partial charge on any atom is -0.346 e. The lowest BCUT2D eigenvalue weighted by Gasteiger charge is -2.30. The Bertz CT molecular complexity index is 504. The van der Waals surface area contributed by atoms with E-state index in [1.54, 1.807) is 0 Å². The van der Waals surface area contributed by atoms with Crippen LogP contribution in [0.3, 0.4) is 0 Å². The van der Waals surface area contributed by atoms with E-state index in [4.69, 9.17) is 34.8 Å². The zero-order valence-electron chi connectivity index (χ0n) is 12.3. The topological polar surface area (TPSA) is 29.1 Å². The molecule has 1 saturated carbocycles. The maximum absolute atomic E-state index is 12.0. The highest BCUT2D eigenvalue weighted by Crippen LogP contribution is 2.30. The summed E-state index contributed by atoms with van der Waals surface area (Å²) in [6.45, 7) is 0. The molecule has 5 heteroatoms. The first-order chi connectivity index (χ1) is 10.5.